The lowest BCUT2D eigenvalue weighted by atomic mass is 9.85. The van der Waals surface area contributed by atoms with Crippen molar-refractivity contribution in [1.29, 1.82) is 0 Å². The van der Waals surface area contributed by atoms with Crippen LogP contribution in [0.25, 0.3) is 6.08 Å². The molecule has 2 heterocycles. The number of hydrogen-bond donors (Lipinski definition) is 0. The van der Waals surface area contributed by atoms with E-state index in [2.05, 4.69) is 9.88 Å². The molecule has 0 N–H and O–H groups in total. The number of aromatic nitrogens is 1. The number of likely N-dealkylation sites (tertiary alicyclic amines) is 1. The number of pyridine rings is 1. The highest BCUT2D eigenvalue weighted by Crippen LogP contribution is 2.26. The molecular formula is C21H28N2O3. The van der Waals surface area contributed by atoms with Crippen molar-refractivity contribution in [1.82, 2.24) is 9.88 Å². The Balaban J connectivity index is 1.81. The van der Waals surface area contributed by atoms with Crippen LogP contribution in [0, 0.1) is 5.41 Å². The van der Waals surface area contributed by atoms with Gasteiger partial charge >= 0.3 is 0 Å². The summed E-state index contributed by atoms with van der Waals surface area (Å²) in [6.07, 6.45) is 11.6. The molecule has 0 saturated carbocycles. The monoisotopic (exact) mass is 356 g/mol. The van der Waals surface area contributed by atoms with E-state index < -0.39 is 5.41 Å². The third kappa shape index (κ3) is 5.70. The molecule has 0 aliphatic carbocycles. The lowest BCUT2D eigenvalue weighted by Gasteiger charge is -2.27. The highest BCUT2D eigenvalue weighted by Gasteiger charge is 2.33. The van der Waals surface area contributed by atoms with Crippen LogP contribution in [-0.4, -0.2) is 46.9 Å². The average molecular weight is 356 g/mol. The lowest BCUT2D eigenvalue weighted by Crippen LogP contribution is -2.39. The predicted molar refractivity (Wildman–Crippen MR) is 102 cm³/mol. The van der Waals surface area contributed by atoms with Crippen molar-refractivity contribution in [2.24, 2.45) is 5.41 Å². The maximum atomic E-state index is 12.6. The maximum Gasteiger partial charge on any atom is 0.200 e. The molecule has 1 atom stereocenters. The summed E-state index contributed by atoms with van der Waals surface area (Å²) in [6.45, 7) is 5.14. The van der Waals surface area contributed by atoms with Crippen molar-refractivity contribution in [2.75, 3.05) is 13.1 Å². The van der Waals surface area contributed by atoms with Crippen molar-refractivity contribution in [3.05, 3.63) is 36.2 Å². The number of ketones is 2. The summed E-state index contributed by atoms with van der Waals surface area (Å²) in [6, 6.07) is 3.81. The van der Waals surface area contributed by atoms with Crippen LogP contribution in [-0.2, 0) is 14.4 Å². The fourth-order valence-corrected chi connectivity index (χ4v) is 3.25. The summed E-state index contributed by atoms with van der Waals surface area (Å²) in [5.41, 5.74) is 0.370. The lowest BCUT2D eigenvalue weighted by molar-refractivity contribution is -0.136. The summed E-state index contributed by atoms with van der Waals surface area (Å²) in [4.78, 5) is 41.2. The molecule has 5 heteroatoms. The second kappa shape index (κ2) is 9.53. The van der Waals surface area contributed by atoms with Crippen molar-refractivity contribution in [2.45, 2.75) is 52.0 Å². The molecule has 140 valence electrons. The standard InChI is InChI=1S/C21H28N2O3/c1-21(2,20(26)16-24)11-14-23-13-6-9-18(23)19(25)10-4-3-7-17-8-5-12-22-15-17/h3,5,7-8,12,15-16,18H,4,6,9-11,13-14H2,1-2H3. The molecule has 0 spiro atoms. The third-order valence-corrected chi connectivity index (χ3v) is 5.09. The van der Waals surface area contributed by atoms with E-state index in [1.807, 2.05) is 24.3 Å². The summed E-state index contributed by atoms with van der Waals surface area (Å²) >= 11 is 0. The first-order chi connectivity index (χ1) is 12.4. The molecule has 0 amide bonds. The van der Waals surface area contributed by atoms with Gasteiger partial charge < -0.3 is 0 Å². The van der Waals surface area contributed by atoms with Gasteiger partial charge in [-0.2, -0.15) is 0 Å². The molecule has 2 rings (SSSR count). The predicted octanol–water partition coefficient (Wildman–Crippen LogP) is 3.09. The van der Waals surface area contributed by atoms with Crippen molar-refractivity contribution in [3.8, 4) is 0 Å². The third-order valence-electron chi connectivity index (χ3n) is 5.09. The van der Waals surface area contributed by atoms with Crippen LogP contribution in [0.15, 0.2) is 30.6 Å². The minimum atomic E-state index is -0.662. The molecule has 1 aliphatic rings. The van der Waals surface area contributed by atoms with Crippen LogP contribution in [0.4, 0.5) is 0 Å². The van der Waals surface area contributed by atoms with Crippen LogP contribution in [0.1, 0.15) is 51.5 Å². The maximum absolute atomic E-state index is 12.6. The van der Waals surface area contributed by atoms with Gasteiger partial charge in [-0.05, 0) is 50.4 Å². The molecule has 1 aromatic rings. The Morgan fingerprint density at radius 1 is 1.38 bits per heavy atom. The second-order valence-electron chi connectivity index (χ2n) is 7.50. The van der Waals surface area contributed by atoms with Gasteiger partial charge in [0, 0.05) is 24.2 Å². The van der Waals surface area contributed by atoms with Crippen LogP contribution >= 0.6 is 0 Å². The number of rotatable bonds is 10. The van der Waals surface area contributed by atoms with E-state index in [-0.39, 0.29) is 17.6 Å². The number of carbonyl (C=O) groups is 3. The van der Waals surface area contributed by atoms with Gasteiger partial charge in [-0.25, -0.2) is 0 Å². The molecule has 5 nitrogen and oxygen atoms in total. The van der Waals surface area contributed by atoms with E-state index in [0.29, 0.717) is 32.1 Å². The smallest absolute Gasteiger partial charge is 0.200 e. The van der Waals surface area contributed by atoms with Gasteiger partial charge in [0.15, 0.2) is 6.29 Å². The van der Waals surface area contributed by atoms with Crippen LogP contribution < -0.4 is 0 Å². The van der Waals surface area contributed by atoms with E-state index in [1.165, 1.54) is 0 Å². The van der Waals surface area contributed by atoms with Gasteiger partial charge in [-0.3, -0.25) is 24.3 Å². The Kier molecular flexibility index (Phi) is 7.39. The van der Waals surface area contributed by atoms with Gasteiger partial charge in [0.25, 0.3) is 0 Å². The van der Waals surface area contributed by atoms with E-state index in [0.717, 1.165) is 24.9 Å². The zero-order valence-corrected chi connectivity index (χ0v) is 15.7. The Bertz CT molecular complexity index is 652. The normalized spacial score (nSPS) is 18.3. The largest absolute Gasteiger partial charge is 0.298 e. The topological polar surface area (TPSA) is 67.3 Å². The van der Waals surface area contributed by atoms with Gasteiger partial charge in [-0.1, -0.05) is 32.1 Å². The molecule has 1 saturated heterocycles. The van der Waals surface area contributed by atoms with Gasteiger partial charge in [0.2, 0.25) is 5.78 Å². The molecule has 1 aromatic heterocycles. The molecule has 0 radical (unpaired) electrons. The number of hydrogen-bond acceptors (Lipinski definition) is 5. The molecule has 0 aromatic carbocycles. The van der Waals surface area contributed by atoms with E-state index in [9.17, 15) is 14.4 Å². The second-order valence-corrected chi connectivity index (χ2v) is 7.50. The molecule has 1 unspecified atom stereocenters. The molecular weight excluding hydrogens is 328 g/mol. The number of allylic oxidation sites excluding steroid dienone is 1. The van der Waals surface area contributed by atoms with Crippen LogP contribution in [0.5, 0.6) is 0 Å². The fourth-order valence-electron chi connectivity index (χ4n) is 3.25. The summed E-state index contributed by atoms with van der Waals surface area (Å²) in [5.74, 6) is -0.113. The SMILES string of the molecule is CC(C)(CCN1CCCC1C(=O)CCC=Cc1cccnc1)C(=O)C=O. The van der Waals surface area contributed by atoms with E-state index >= 15 is 0 Å². The van der Waals surface area contributed by atoms with Gasteiger partial charge in [0.1, 0.15) is 5.78 Å². The summed E-state index contributed by atoms with van der Waals surface area (Å²) in [7, 11) is 0. The first-order valence-corrected chi connectivity index (χ1v) is 9.27. The first kappa shape index (κ1) is 20.2. The Morgan fingerprint density at radius 2 is 2.19 bits per heavy atom. The number of Topliss-reactive ketones (excluding diaryl/α,β-unsaturated/α-hetero) is 2. The minimum Gasteiger partial charge on any atom is -0.298 e. The van der Waals surface area contributed by atoms with Gasteiger partial charge in [-0.15, -0.1) is 0 Å². The van der Waals surface area contributed by atoms with E-state index in [4.69, 9.17) is 0 Å². The van der Waals surface area contributed by atoms with Crippen molar-refractivity contribution >= 4 is 23.9 Å². The molecule has 26 heavy (non-hydrogen) atoms. The first-order valence-electron chi connectivity index (χ1n) is 9.27. The average Bonchev–Trinajstić information content (AvgIpc) is 3.12. The van der Waals surface area contributed by atoms with Gasteiger partial charge in [0.05, 0.1) is 6.04 Å². The summed E-state index contributed by atoms with van der Waals surface area (Å²) in [5, 5.41) is 0. The van der Waals surface area contributed by atoms with Crippen molar-refractivity contribution in [3.63, 3.8) is 0 Å². The van der Waals surface area contributed by atoms with Crippen LogP contribution in [0.3, 0.4) is 0 Å². The zero-order valence-electron chi connectivity index (χ0n) is 15.7. The quantitative estimate of drug-likeness (QED) is 0.476. The Labute approximate surface area is 155 Å². The number of carbonyl (C=O) groups excluding carboxylic acids is 3. The number of aldehydes is 1. The highest BCUT2D eigenvalue weighted by atomic mass is 16.2. The van der Waals surface area contributed by atoms with Crippen molar-refractivity contribution < 1.29 is 14.4 Å². The molecule has 0 bridgehead atoms. The fraction of sp³-hybridized carbons (Fsp3) is 0.524. The summed E-state index contributed by atoms with van der Waals surface area (Å²) < 4.78 is 0. The van der Waals surface area contributed by atoms with E-state index in [1.54, 1.807) is 26.2 Å². The zero-order chi connectivity index (χ0) is 19.0. The minimum absolute atomic E-state index is 0.0519. The Morgan fingerprint density at radius 3 is 2.88 bits per heavy atom. The Hall–Kier alpha value is -2.14. The van der Waals surface area contributed by atoms with Crippen LogP contribution in [0.2, 0.25) is 0 Å². The number of nitrogens with zero attached hydrogens (tertiary/aromatic N) is 2. The highest BCUT2D eigenvalue weighted by molar-refractivity contribution is 6.27. The molecule has 1 fully saturated rings. The molecule has 1 aliphatic heterocycles.